The lowest BCUT2D eigenvalue weighted by molar-refractivity contribution is -0.870. The van der Waals surface area contributed by atoms with Gasteiger partial charge in [0.1, 0.15) is 13.2 Å². The second kappa shape index (κ2) is 45.6. The highest BCUT2D eigenvalue weighted by Gasteiger charge is 2.25. The fourth-order valence-corrected chi connectivity index (χ4v) is 6.84. The summed E-state index contributed by atoms with van der Waals surface area (Å²) in [4.78, 5) is 37.1. The quantitative estimate of drug-likeness (QED) is 0.0212. The third-order valence-electron chi connectivity index (χ3n) is 10.8. The Morgan fingerprint density at radius 1 is 0.492 bits per heavy atom. The van der Waals surface area contributed by atoms with Crippen molar-refractivity contribution in [1.82, 2.24) is 0 Å². The van der Waals surface area contributed by atoms with Crippen LogP contribution in [0.2, 0.25) is 0 Å². The Morgan fingerprint density at radius 2 is 0.937 bits per heavy atom. The van der Waals surface area contributed by atoms with Crippen molar-refractivity contribution in [2.75, 3.05) is 47.5 Å². The third kappa shape index (κ3) is 46.8. The maximum Gasteiger partial charge on any atom is 0.361 e. The second-order valence-electron chi connectivity index (χ2n) is 18.1. The number of aliphatic carboxylic acids is 1. The molecule has 1 N–H and O–H groups in total. The minimum atomic E-state index is -1.53. The molecule has 0 amide bonds. The normalized spacial score (nSPS) is 13.3. The number of rotatable bonds is 46. The Morgan fingerprint density at radius 3 is 1.41 bits per heavy atom. The van der Waals surface area contributed by atoms with Gasteiger partial charge in [0.25, 0.3) is 6.29 Å². The molecule has 0 aliphatic heterocycles. The number of allylic oxidation sites excluding steroid dienone is 10. The van der Waals surface area contributed by atoms with Crippen molar-refractivity contribution in [2.24, 2.45) is 0 Å². The van der Waals surface area contributed by atoms with Gasteiger partial charge in [-0.25, -0.2) is 4.79 Å². The van der Waals surface area contributed by atoms with Gasteiger partial charge in [-0.05, 0) is 64.2 Å². The van der Waals surface area contributed by atoms with Crippen LogP contribution in [-0.2, 0) is 33.3 Å². The molecule has 0 rings (SSSR count). The molecule has 2 unspecified atom stereocenters. The summed E-state index contributed by atoms with van der Waals surface area (Å²) >= 11 is 0. The van der Waals surface area contributed by atoms with Crippen LogP contribution >= 0.6 is 0 Å². The van der Waals surface area contributed by atoms with Gasteiger partial charge in [-0.1, -0.05) is 190 Å². The molecular weight excluding hydrogens is 791 g/mol. The van der Waals surface area contributed by atoms with E-state index in [1.807, 2.05) is 33.3 Å². The molecule has 0 saturated carbocycles. The average molecular weight is 887 g/mol. The maximum absolute atomic E-state index is 12.7. The minimum absolute atomic E-state index is 0.138. The van der Waals surface area contributed by atoms with Crippen molar-refractivity contribution in [3.63, 3.8) is 0 Å². The maximum atomic E-state index is 12.7. The van der Waals surface area contributed by atoms with Gasteiger partial charge in [-0.15, -0.1) is 0 Å². The van der Waals surface area contributed by atoms with Crippen LogP contribution in [0.3, 0.4) is 0 Å². The summed E-state index contributed by atoms with van der Waals surface area (Å²) < 4.78 is 22.7. The molecule has 0 saturated heterocycles. The predicted molar refractivity (Wildman–Crippen MR) is 263 cm³/mol. The zero-order chi connectivity index (χ0) is 46.3. The van der Waals surface area contributed by atoms with Crippen LogP contribution in [0.15, 0.2) is 60.8 Å². The molecule has 0 aromatic heterocycles. The molecule has 0 fully saturated rings. The first-order chi connectivity index (χ1) is 30.6. The molecule has 0 bridgehead atoms. The van der Waals surface area contributed by atoms with E-state index >= 15 is 0 Å². The number of carboxylic acid groups (broad SMARTS) is 1. The van der Waals surface area contributed by atoms with E-state index in [2.05, 4.69) is 62.5 Å². The van der Waals surface area contributed by atoms with E-state index in [-0.39, 0.29) is 38.6 Å². The topological polar surface area (TPSA) is 108 Å². The summed E-state index contributed by atoms with van der Waals surface area (Å²) in [5.41, 5.74) is 0. The van der Waals surface area contributed by atoms with Crippen molar-refractivity contribution >= 4 is 17.9 Å². The van der Waals surface area contributed by atoms with Crippen molar-refractivity contribution in [3.05, 3.63) is 60.8 Å². The number of carbonyl (C=O) groups is 3. The highest BCUT2D eigenvalue weighted by Crippen LogP contribution is 2.15. The smallest absolute Gasteiger partial charge is 0.361 e. The molecule has 9 nitrogen and oxygen atoms in total. The van der Waals surface area contributed by atoms with Gasteiger partial charge < -0.3 is 28.5 Å². The number of hydrogen-bond donors (Lipinski definition) is 1. The van der Waals surface area contributed by atoms with Gasteiger partial charge in [0.2, 0.25) is 0 Å². The Balaban J connectivity index is 4.28. The number of nitrogens with zero attached hydrogens (tertiary/aromatic N) is 1. The van der Waals surface area contributed by atoms with E-state index < -0.39 is 24.3 Å². The summed E-state index contributed by atoms with van der Waals surface area (Å²) in [5, 5.41) is 9.64. The zero-order valence-electron chi connectivity index (χ0n) is 41.2. The van der Waals surface area contributed by atoms with Gasteiger partial charge in [-0.3, -0.25) is 9.59 Å². The number of unbranched alkanes of at least 4 members (excludes halogenated alkanes) is 21. The highest BCUT2D eigenvalue weighted by atomic mass is 16.7. The van der Waals surface area contributed by atoms with Crippen LogP contribution in [0.4, 0.5) is 0 Å². The SMILES string of the molecule is CC/C=C\C/C=C\C/C=C\C/C=C\CCC(=O)OC(COC(=O)CCCCCCCCCCCCCCC/C=C\CCCCCCCCCC)COC(OCC[N+](C)(C)C)C(=O)O. The molecule has 0 heterocycles. The van der Waals surface area contributed by atoms with Gasteiger partial charge in [-0.2, -0.15) is 0 Å². The highest BCUT2D eigenvalue weighted by molar-refractivity contribution is 5.71. The molecule has 2 atom stereocenters. The first-order valence-electron chi connectivity index (χ1n) is 25.5. The largest absolute Gasteiger partial charge is 0.477 e. The lowest BCUT2D eigenvalue weighted by Gasteiger charge is -2.25. The van der Waals surface area contributed by atoms with E-state index in [1.54, 1.807) is 0 Å². The van der Waals surface area contributed by atoms with E-state index in [0.717, 1.165) is 44.9 Å². The molecule has 0 radical (unpaired) electrons. The van der Waals surface area contributed by atoms with Gasteiger partial charge in [0, 0.05) is 12.8 Å². The number of ether oxygens (including phenoxy) is 4. The Kier molecular flexibility index (Phi) is 43.4. The number of hydrogen-bond acceptors (Lipinski definition) is 7. The number of esters is 2. The van der Waals surface area contributed by atoms with Crippen molar-refractivity contribution in [3.8, 4) is 0 Å². The minimum Gasteiger partial charge on any atom is -0.477 e. The Bertz CT molecular complexity index is 1220. The molecular formula is C54H96NO8+. The van der Waals surface area contributed by atoms with Crippen molar-refractivity contribution in [1.29, 1.82) is 0 Å². The Labute approximate surface area is 386 Å². The monoisotopic (exact) mass is 887 g/mol. The fraction of sp³-hybridized carbons (Fsp3) is 0.759. The van der Waals surface area contributed by atoms with Crippen LogP contribution < -0.4 is 0 Å². The first-order valence-corrected chi connectivity index (χ1v) is 25.5. The Hall–Kier alpha value is -3.01. The molecule has 0 aromatic rings. The summed E-state index contributed by atoms with van der Waals surface area (Å²) in [6.07, 6.45) is 53.2. The molecule has 63 heavy (non-hydrogen) atoms. The van der Waals surface area contributed by atoms with Gasteiger partial charge in [0.15, 0.2) is 6.10 Å². The van der Waals surface area contributed by atoms with Crippen molar-refractivity contribution < 1.29 is 42.9 Å². The lowest BCUT2D eigenvalue weighted by Crippen LogP contribution is -2.40. The van der Waals surface area contributed by atoms with Gasteiger partial charge >= 0.3 is 17.9 Å². The predicted octanol–water partition coefficient (Wildman–Crippen LogP) is 14.1. The molecule has 364 valence electrons. The first kappa shape index (κ1) is 60.0. The molecule has 0 aromatic carbocycles. The molecule has 0 aliphatic rings. The van der Waals surface area contributed by atoms with Crippen LogP contribution in [0.1, 0.15) is 206 Å². The van der Waals surface area contributed by atoms with Crippen molar-refractivity contribution in [2.45, 2.75) is 219 Å². The summed E-state index contributed by atoms with van der Waals surface area (Å²) in [5.74, 6) is -2.12. The number of likely N-dealkylation sites (N-methyl/N-ethyl adjacent to an activating group) is 1. The zero-order valence-corrected chi connectivity index (χ0v) is 41.2. The lowest BCUT2D eigenvalue weighted by atomic mass is 10.0. The molecule has 0 aliphatic carbocycles. The third-order valence-corrected chi connectivity index (χ3v) is 10.8. The van der Waals surface area contributed by atoms with Crippen LogP contribution in [0.25, 0.3) is 0 Å². The number of carboxylic acids is 1. The number of carbonyl (C=O) groups excluding carboxylic acids is 2. The summed E-state index contributed by atoms with van der Waals surface area (Å²) in [6.45, 7) is 4.67. The molecule has 9 heteroatoms. The standard InChI is InChI=1S/C54H95NO8/c1-6-8-10-12-14-16-18-20-21-22-23-24-25-26-27-28-29-30-31-33-34-36-38-40-42-44-51(56)61-48-50(49-62-54(53(58)59)60-47-46-55(3,4)5)63-52(57)45-43-41-39-37-35-32-19-17-15-13-11-9-7-2/h9,11,15,17,22-23,32,35,39,41,50,54H,6-8,10,12-14,16,18-21,24-31,33-34,36-38,40,42-49H2,1-5H3/p+1/b11-9-,17-15-,23-22-,35-32-,41-39-. The van der Waals surface area contributed by atoms with E-state index in [4.69, 9.17) is 18.9 Å². The summed E-state index contributed by atoms with van der Waals surface area (Å²) in [7, 11) is 5.93. The van der Waals surface area contributed by atoms with Gasteiger partial charge in [0.05, 0.1) is 34.4 Å². The molecule has 0 spiro atoms. The summed E-state index contributed by atoms with van der Waals surface area (Å²) in [6, 6.07) is 0. The van der Waals surface area contributed by atoms with Crippen LogP contribution in [0.5, 0.6) is 0 Å². The van der Waals surface area contributed by atoms with E-state index in [0.29, 0.717) is 17.4 Å². The second-order valence-corrected chi connectivity index (χ2v) is 18.1. The van der Waals surface area contributed by atoms with E-state index in [1.165, 1.54) is 128 Å². The number of quaternary nitrogens is 1. The van der Waals surface area contributed by atoms with Crippen LogP contribution in [-0.4, -0.2) is 87.4 Å². The van der Waals surface area contributed by atoms with E-state index in [9.17, 15) is 19.5 Å². The van der Waals surface area contributed by atoms with Crippen LogP contribution in [0, 0.1) is 0 Å². The fourth-order valence-electron chi connectivity index (χ4n) is 6.84. The average Bonchev–Trinajstić information content (AvgIpc) is 3.24.